The molecule has 1 aliphatic carbocycles. The molecule has 2 aromatic rings. The second-order valence-electron chi connectivity index (χ2n) is 8.20. The summed E-state index contributed by atoms with van der Waals surface area (Å²) in [5.74, 6) is 2.33. The minimum atomic E-state index is -0.175. The standard InChI is InChI=1S/C22H29N3O3S/c1-15-7-8-18(28-15)13-23-20(26)19-14-29-21(24-19)16-9-11-25(12-10-16)22(27)17-5-3-2-4-6-17/h7-8,14,16-17H,2-6,9-13H2,1H3,(H,23,26). The van der Waals surface area contributed by atoms with E-state index in [0.717, 1.165) is 55.3 Å². The van der Waals surface area contributed by atoms with Gasteiger partial charge in [-0.1, -0.05) is 19.3 Å². The Labute approximate surface area is 175 Å². The van der Waals surface area contributed by atoms with Gasteiger partial charge in [0, 0.05) is 30.3 Å². The molecule has 1 aliphatic heterocycles. The summed E-state index contributed by atoms with van der Waals surface area (Å²) in [6.07, 6.45) is 7.62. The summed E-state index contributed by atoms with van der Waals surface area (Å²) in [5.41, 5.74) is 0.467. The zero-order valence-corrected chi connectivity index (χ0v) is 17.8. The van der Waals surface area contributed by atoms with Crippen LogP contribution >= 0.6 is 11.3 Å². The molecule has 2 aliphatic rings. The van der Waals surface area contributed by atoms with Crippen molar-refractivity contribution in [1.29, 1.82) is 0 Å². The maximum absolute atomic E-state index is 12.7. The summed E-state index contributed by atoms with van der Waals surface area (Å²) in [7, 11) is 0. The van der Waals surface area contributed by atoms with Gasteiger partial charge >= 0.3 is 0 Å². The normalized spacial score (nSPS) is 18.7. The Morgan fingerprint density at radius 3 is 2.62 bits per heavy atom. The highest BCUT2D eigenvalue weighted by molar-refractivity contribution is 7.09. The third-order valence-electron chi connectivity index (χ3n) is 6.08. The van der Waals surface area contributed by atoms with Gasteiger partial charge in [-0.25, -0.2) is 4.98 Å². The molecule has 0 aromatic carbocycles. The molecular weight excluding hydrogens is 386 g/mol. The van der Waals surface area contributed by atoms with Crippen LogP contribution in [0.2, 0.25) is 0 Å². The number of hydrogen-bond donors (Lipinski definition) is 1. The number of furan rings is 1. The first kappa shape index (κ1) is 20.1. The Morgan fingerprint density at radius 2 is 1.93 bits per heavy atom. The Hall–Kier alpha value is -2.15. The Balaban J connectivity index is 1.27. The number of rotatable bonds is 5. The molecule has 3 heterocycles. The largest absolute Gasteiger partial charge is 0.465 e. The topological polar surface area (TPSA) is 75.4 Å². The summed E-state index contributed by atoms with van der Waals surface area (Å²) in [6.45, 7) is 3.85. The number of carbonyl (C=O) groups is 2. The van der Waals surface area contributed by atoms with Gasteiger partial charge in [0.15, 0.2) is 0 Å². The summed E-state index contributed by atoms with van der Waals surface area (Å²) in [5, 5.41) is 5.70. The van der Waals surface area contributed by atoms with Gasteiger partial charge in [0.1, 0.15) is 17.2 Å². The Bertz CT molecular complexity index is 845. The highest BCUT2D eigenvalue weighted by Crippen LogP contribution is 2.32. The van der Waals surface area contributed by atoms with E-state index >= 15 is 0 Å². The van der Waals surface area contributed by atoms with E-state index in [1.165, 1.54) is 19.3 Å². The molecule has 1 N–H and O–H groups in total. The minimum Gasteiger partial charge on any atom is -0.465 e. The number of amides is 2. The van der Waals surface area contributed by atoms with Gasteiger partial charge in [-0.2, -0.15) is 0 Å². The van der Waals surface area contributed by atoms with Crippen molar-refractivity contribution in [2.75, 3.05) is 13.1 Å². The zero-order valence-electron chi connectivity index (χ0n) is 17.0. The number of aryl methyl sites for hydroxylation is 1. The van der Waals surface area contributed by atoms with Crippen LogP contribution in [0.25, 0.3) is 0 Å². The Kier molecular flexibility index (Phi) is 6.33. The molecule has 6 nitrogen and oxygen atoms in total. The molecule has 1 saturated carbocycles. The van der Waals surface area contributed by atoms with Crippen LogP contribution in [0.5, 0.6) is 0 Å². The van der Waals surface area contributed by atoms with Crippen molar-refractivity contribution in [2.45, 2.75) is 64.3 Å². The fraction of sp³-hybridized carbons (Fsp3) is 0.591. The van der Waals surface area contributed by atoms with Crippen LogP contribution < -0.4 is 5.32 Å². The van der Waals surface area contributed by atoms with E-state index in [1.54, 1.807) is 11.3 Å². The van der Waals surface area contributed by atoms with Crippen LogP contribution in [0, 0.1) is 12.8 Å². The van der Waals surface area contributed by atoms with E-state index < -0.39 is 0 Å². The molecule has 0 unspecified atom stereocenters. The fourth-order valence-electron chi connectivity index (χ4n) is 4.37. The van der Waals surface area contributed by atoms with Crippen molar-refractivity contribution in [3.05, 3.63) is 39.7 Å². The van der Waals surface area contributed by atoms with Crippen LogP contribution in [0.1, 0.15) is 77.9 Å². The van der Waals surface area contributed by atoms with Crippen molar-refractivity contribution in [2.24, 2.45) is 5.92 Å². The third-order valence-corrected chi connectivity index (χ3v) is 7.09. The van der Waals surface area contributed by atoms with Gasteiger partial charge in [0.05, 0.1) is 11.6 Å². The molecule has 0 atom stereocenters. The number of nitrogens with zero attached hydrogens (tertiary/aromatic N) is 2. The second-order valence-corrected chi connectivity index (χ2v) is 9.09. The van der Waals surface area contributed by atoms with Gasteiger partial charge < -0.3 is 14.6 Å². The first-order valence-corrected chi connectivity index (χ1v) is 11.6. The second kappa shape index (κ2) is 9.11. The summed E-state index contributed by atoms with van der Waals surface area (Å²) in [6, 6.07) is 3.75. The van der Waals surface area contributed by atoms with E-state index in [-0.39, 0.29) is 11.8 Å². The monoisotopic (exact) mass is 415 g/mol. The zero-order chi connectivity index (χ0) is 20.2. The number of piperidine rings is 1. The van der Waals surface area contributed by atoms with Crippen molar-refractivity contribution in [3.8, 4) is 0 Å². The summed E-state index contributed by atoms with van der Waals surface area (Å²) in [4.78, 5) is 31.7. The number of aromatic nitrogens is 1. The van der Waals surface area contributed by atoms with Crippen LogP contribution in [-0.4, -0.2) is 34.8 Å². The molecule has 2 fully saturated rings. The molecule has 2 aromatic heterocycles. The van der Waals surface area contributed by atoms with E-state index in [2.05, 4.69) is 15.2 Å². The molecule has 0 bridgehead atoms. The number of thiazole rings is 1. The van der Waals surface area contributed by atoms with Crippen molar-refractivity contribution >= 4 is 23.2 Å². The fourth-order valence-corrected chi connectivity index (χ4v) is 5.34. The Morgan fingerprint density at radius 1 is 1.17 bits per heavy atom. The lowest BCUT2D eigenvalue weighted by atomic mass is 9.87. The molecule has 4 rings (SSSR count). The van der Waals surface area contributed by atoms with Crippen LogP contribution in [0.15, 0.2) is 21.9 Å². The van der Waals surface area contributed by atoms with E-state index in [1.807, 2.05) is 24.4 Å². The average Bonchev–Trinajstić information content (AvgIpc) is 3.42. The van der Waals surface area contributed by atoms with Crippen molar-refractivity contribution < 1.29 is 14.0 Å². The number of nitrogens with one attached hydrogen (secondary N) is 1. The van der Waals surface area contributed by atoms with Crippen LogP contribution in [0.3, 0.4) is 0 Å². The van der Waals surface area contributed by atoms with Gasteiger partial charge in [-0.15, -0.1) is 11.3 Å². The number of likely N-dealkylation sites (tertiary alicyclic amines) is 1. The molecule has 0 radical (unpaired) electrons. The smallest absolute Gasteiger partial charge is 0.271 e. The van der Waals surface area contributed by atoms with E-state index in [0.29, 0.717) is 24.1 Å². The van der Waals surface area contributed by atoms with E-state index in [9.17, 15) is 9.59 Å². The summed E-state index contributed by atoms with van der Waals surface area (Å²) >= 11 is 1.55. The van der Waals surface area contributed by atoms with Gasteiger partial charge in [0.2, 0.25) is 5.91 Å². The lowest BCUT2D eigenvalue weighted by Crippen LogP contribution is -2.41. The molecule has 7 heteroatoms. The molecule has 0 spiro atoms. The van der Waals surface area contributed by atoms with E-state index in [4.69, 9.17) is 4.42 Å². The predicted octanol–water partition coefficient (Wildman–Crippen LogP) is 4.26. The highest BCUT2D eigenvalue weighted by atomic mass is 32.1. The lowest BCUT2D eigenvalue weighted by Gasteiger charge is -2.34. The molecule has 2 amide bonds. The number of carbonyl (C=O) groups excluding carboxylic acids is 2. The van der Waals surface area contributed by atoms with Gasteiger partial charge in [-0.05, 0) is 44.7 Å². The van der Waals surface area contributed by atoms with Crippen LogP contribution in [0.4, 0.5) is 0 Å². The molecule has 156 valence electrons. The molecular formula is C22H29N3O3S. The third kappa shape index (κ3) is 4.89. The molecule has 29 heavy (non-hydrogen) atoms. The number of hydrogen-bond acceptors (Lipinski definition) is 5. The maximum atomic E-state index is 12.7. The highest BCUT2D eigenvalue weighted by Gasteiger charge is 2.30. The van der Waals surface area contributed by atoms with Crippen molar-refractivity contribution in [3.63, 3.8) is 0 Å². The SMILES string of the molecule is Cc1ccc(CNC(=O)c2csc(C3CCN(C(=O)C4CCCCC4)CC3)n2)o1. The molecule has 1 saturated heterocycles. The quantitative estimate of drug-likeness (QED) is 0.792. The first-order valence-electron chi connectivity index (χ1n) is 10.7. The average molecular weight is 416 g/mol. The predicted molar refractivity (Wildman–Crippen MR) is 112 cm³/mol. The van der Waals surface area contributed by atoms with Gasteiger partial charge in [-0.3, -0.25) is 9.59 Å². The van der Waals surface area contributed by atoms with Gasteiger partial charge in [0.25, 0.3) is 5.91 Å². The first-order chi connectivity index (χ1) is 14.1. The summed E-state index contributed by atoms with van der Waals surface area (Å²) < 4.78 is 5.48. The van der Waals surface area contributed by atoms with Crippen LogP contribution in [-0.2, 0) is 11.3 Å². The minimum absolute atomic E-state index is 0.175. The lowest BCUT2D eigenvalue weighted by molar-refractivity contribution is -0.137. The van der Waals surface area contributed by atoms with Crippen molar-refractivity contribution in [1.82, 2.24) is 15.2 Å². The maximum Gasteiger partial charge on any atom is 0.271 e.